The molecule has 0 radical (unpaired) electrons. The second kappa shape index (κ2) is 5.36. The monoisotopic (exact) mass is 275 g/mol. The van der Waals surface area contributed by atoms with Crippen molar-refractivity contribution in [2.75, 3.05) is 6.54 Å². The van der Waals surface area contributed by atoms with Crippen molar-refractivity contribution in [3.63, 3.8) is 0 Å². The summed E-state index contributed by atoms with van der Waals surface area (Å²) in [7, 11) is 1.81. The molecule has 2 aromatic heterocycles. The van der Waals surface area contributed by atoms with E-state index in [9.17, 15) is 4.79 Å². The largest absolute Gasteiger partial charge is 0.309 e. The van der Waals surface area contributed by atoms with Gasteiger partial charge in [0.25, 0.3) is 5.56 Å². The maximum Gasteiger partial charge on any atom is 0.262 e. The number of likely N-dealkylation sites (tertiary alicyclic amines) is 1. The summed E-state index contributed by atoms with van der Waals surface area (Å²) in [6, 6.07) is 0.608. The summed E-state index contributed by atoms with van der Waals surface area (Å²) in [5, 5.41) is 4.65. The molecule has 108 valence electrons. The van der Waals surface area contributed by atoms with E-state index in [1.165, 1.54) is 19.3 Å². The zero-order valence-electron chi connectivity index (χ0n) is 12.1. The SMILES string of the molecule is CC[C@H]1CCCCN1Cc1nc2c(cnn2C)c(=O)[nH]1. The Morgan fingerprint density at radius 3 is 3.10 bits per heavy atom. The quantitative estimate of drug-likeness (QED) is 0.920. The number of hydrogen-bond donors (Lipinski definition) is 1. The number of aromatic amines is 1. The third kappa shape index (κ3) is 2.35. The van der Waals surface area contributed by atoms with E-state index >= 15 is 0 Å². The molecular formula is C14H21N5O. The lowest BCUT2D eigenvalue weighted by Gasteiger charge is -2.34. The summed E-state index contributed by atoms with van der Waals surface area (Å²) in [6.07, 6.45) is 6.50. The Morgan fingerprint density at radius 1 is 1.45 bits per heavy atom. The lowest BCUT2D eigenvalue weighted by atomic mass is 10.0. The first-order valence-corrected chi connectivity index (χ1v) is 7.34. The fraction of sp³-hybridized carbons (Fsp3) is 0.643. The van der Waals surface area contributed by atoms with Crippen molar-refractivity contribution >= 4 is 11.0 Å². The van der Waals surface area contributed by atoms with E-state index in [1.54, 1.807) is 10.9 Å². The number of aromatic nitrogens is 4. The van der Waals surface area contributed by atoms with Gasteiger partial charge >= 0.3 is 0 Å². The van der Waals surface area contributed by atoms with E-state index in [2.05, 4.69) is 26.9 Å². The normalized spacial score (nSPS) is 20.6. The summed E-state index contributed by atoms with van der Waals surface area (Å²) < 4.78 is 1.65. The molecule has 0 aliphatic carbocycles. The topological polar surface area (TPSA) is 66.8 Å². The van der Waals surface area contributed by atoms with Gasteiger partial charge in [-0.2, -0.15) is 5.10 Å². The third-order valence-corrected chi connectivity index (χ3v) is 4.22. The van der Waals surface area contributed by atoms with E-state index in [-0.39, 0.29) is 5.56 Å². The minimum Gasteiger partial charge on any atom is -0.309 e. The van der Waals surface area contributed by atoms with Crippen molar-refractivity contribution in [2.24, 2.45) is 7.05 Å². The highest BCUT2D eigenvalue weighted by molar-refractivity contribution is 5.72. The molecule has 1 fully saturated rings. The van der Waals surface area contributed by atoms with Crippen LogP contribution in [0.3, 0.4) is 0 Å². The van der Waals surface area contributed by atoms with Gasteiger partial charge < -0.3 is 4.98 Å². The molecule has 6 nitrogen and oxygen atoms in total. The Balaban J connectivity index is 1.90. The van der Waals surface area contributed by atoms with E-state index in [1.807, 2.05) is 7.05 Å². The van der Waals surface area contributed by atoms with Crippen LogP contribution in [0.5, 0.6) is 0 Å². The maximum atomic E-state index is 12.0. The molecule has 1 saturated heterocycles. The summed E-state index contributed by atoms with van der Waals surface area (Å²) in [5.74, 6) is 0.742. The number of fused-ring (bicyclic) bond motifs is 1. The van der Waals surface area contributed by atoms with Crippen LogP contribution in [-0.2, 0) is 13.6 Å². The standard InChI is InChI=1S/C14H21N5O/c1-3-10-6-4-5-7-19(10)9-12-16-13-11(14(20)17-12)8-15-18(13)2/h8,10H,3-7,9H2,1-2H3,(H,16,17,20)/t10-/m0/s1. The van der Waals surface area contributed by atoms with Crippen LogP contribution in [0.15, 0.2) is 11.0 Å². The van der Waals surface area contributed by atoms with Crippen LogP contribution >= 0.6 is 0 Å². The zero-order chi connectivity index (χ0) is 14.1. The second-order valence-electron chi connectivity index (χ2n) is 5.55. The number of aryl methyl sites for hydroxylation is 1. The van der Waals surface area contributed by atoms with Crippen LogP contribution in [0.25, 0.3) is 11.0 Å². The number of nitrogens with one attached hydrogen (secondary N) is 1. The van der Waals surface area contributed by atoms with Crippen LogP contribution in [0.4, 0.5) is 0 Å². The summed E-state index contributed by atoms with van der Waals surface area (Å²) in [6.45, 7) is 4.03. The van der Waals surface area contributed by atoms with Gasteiger partial charge in [-0.15, -0.1) is 0 Å². The number of hydrogen-bond acceptors (Lipinski definition) is 4. The van der Waals surface area contributed by atoms with Crippen LogP contribution in [0.2, 0.25) is 0 Å². The molecule has 3 rings (SSSR count). The molecule has 20 heavy (non-hydrogen) atoms. The van der Waals surface area contributed by atoms with Gasteiger partial charge in [0.05, 0.1) is 12.7 Å². The smallest absolute Gasteiger partial charge is 0.262 e. The first-order valence-electron chi connectivity index (χ1n) is 7.34. The molecule has 1 aliphatic heterocycles. The van der Waals surface area contributed by atoms with Crippen LogP contribution < -0.4 is 5.56 Å². The Morgan fingerprint density at radius 2 is 2.30 bits per heavy atom. The van der Waals surface area contributed by atoms with Gasteiger partial charge in [-0.05, 0) is 25.8 Å². The van der Waals surface area contributed by atoms with Crippen LogP contribution in [0.1, 0.15) is 38.4 Å². The Labute approximate surface area is 117 Å². The van der Waals surface area contributed by atoms with Crippen molar-refractivity contribution in [1.82, 2.24) is 24.6 Å². The molecule has 6 heteroatoms. The molecule has 2 aromatic rings. The van der Waals surface area contributed by atoms with Gasteiger partial charge in [0.15, 0.2) is 5.65 Å². The minimum atomic E-state index is -0.0943. The number of H-pyrrole nitrogens is 1. The minimum absolute atomic E-state index is 0.0943. The van der Waals surface area contributed by atoms with E-state index in [0.717, 1.165) is 25.3 Å². The highest BCUT2D eigenvalue weighted by Crippen LogP contribution is 2.20. The molecule has 0 saturated carbocycles. The van der Waals surface area contributed by atoms with E-state index in [0.29, 0.717) is 17.1 Å². The number of rotatable bonds is 3. The molecule has 0 bridgehead atoms. The van der Waals surface area contributed by atoms with Gasteiger partial charge in [0.1, 0.15) is 11.2 Å². The Bertz CT molecular complexity index is 659. The Hall–Kier alpha value is -1.69. The second-order valence-corrected chi connectivity index (χ2v) is 5.55. The molecule has 0 unspecified atom stereocenters. The van der Waals surface area contributed by atoms with Crippen molar-refractivity contribution in [3.05, 3.63) is 22.4 Å². The number of nitrogens with zero attached hydrogens (tertiary/aromatic N) is 4. The molecular weight excluding hydrogens is 254 g/mol. The summed E-state index contributed by atoms with van der Waals surface area (Å²) >= 11 is 0. The first-order chi connectivity index (χ1) is 9.69. The van der Waals surface area contributed by atoms with Gasteiger partial charge in [0, 0.05) is 13.1 Å². The molecule has 0 spiro atoms. The van der Waals surface area contributed by atoms with Gasteiger partial charge in [0.2, 0.25) is 0 Å². The average Bonchev–Trinajstić information content (AvgIpc) is 2.82. The van der Waals surface area contributed by atoms with Crippen molar-refractivity contribution in [3.8, 4) is 0 Å². The highest BCUT2D eigenvalue weighted by atomic mass is 16.1. The first kappa shape index (κ1) is 13.3. The Kier molecular flexibility index (Phi) is 3.56. The number of piperidine rings is 1. The molecule has 3 heterocycles. The fourth-order valence-electron chi connectivity index (χ4n) is 3.08. The van der Waals surface area contributed by atoms with Crippen molar-refractivity contribution in [1.29, 1.82) is 0 Å². The average molecular weight is 275 g/mol. The third-order valence-electron chi connectivity index (χ3n) is 4.22. The fourth-order valence-corrected chi connectivity index (χ4v) is 3.08. The van der Waals surface area contributed by atoms with Gasteiger partial charge in [-0.1, -0.05) is 13.3 Å². The molecule has 0 aromatic carbocycles. The lowest BCUT2D eigenvalue weighted by molar-refractivity contribution is 0.132. The summed E-state index contributed by atoms with van der Waals surface area (Å²) in [5.41, 5.74) is 0.567. The summed E-state index contributed by atoms with van der Waals surface area (Å²) in [4.78, 5) is 21.9. The lowest BCUT2D eigenvalue weighted by Crippen LogP contribution is -2.39. The molecule has 1 N–H and O–H groups in total. The van der Waals surface area contributed by atoms with E-state index < -0.39 is 0 Å². The predicted molar refractivity (Wildman–Crippen MR) is 77.5 cm³/mol. The van der Waals surface area contributed by atoms with Crippen LogP contribution in [0, 0.1) is 0 Å². The van der Waals surface area contributed by atoms with Crippen LogP contribution in [-0.4, -0.2) is 37.2 Å². The van der Waals surface area contributed by atoms with Crippen molar-refractivity contribution < 1.29 is 0 Å². The zero-order valence-corrected chi connectivity index (χ0v) is 12.1. The molecule has 0 amide bonds. The van der Waals surface area contributed by atoms with Crippen molar-refractivity contribution in [2.45, 2.75) is 45.2 Å². The predicted octanol–water partition coefficient (Wildman–Crippen LogP) is 1.42. The van der Waals surface area contributed by atoms with Gasteiger partial charge in [-0.3, -0.25) is 14.4 Å². The highest BCUT2D eigenvalue weighted by Gasteiger charge is 2.21. The molecule has 1 aliphatic rings. The van der Waals surface area contributed by atoms with Gasteiger partial charge in [-0.25, -0.2) is 4.98 Å². The van der Waals surface area contributed by atoms with E-state index in [4.69, 9.17) is 0 Å². The molecule has 1 atom stereocenters. The maximum absolute atomic E-state index is 12.0.